The number of carbonyl (C=O) groups is 1. The summed E-state index contributed by atoms with van der Waals surface area (Å²) < 4.78 is 13.7. The Balaban J connectivity index is 1.71. The van der Waals surface area contributed by atoms with E-state index in [4.69, 9.17) is 0 Å². The molecular weight excluding hydrogens is 329 g/mol. The zero-order valence-corrected chi connectivity index (χ0v) is 16.6. The molecular formula is C21H34FN3O. The number of unbranched alkanes of at least 4 members (excludes halogenated alkanes) is 1. The Morgan fingerprint density at radius 3 is 2.58 bits per heavy atom. The van der Waals surface area contributed by atoms with Crippen molar-refractivity contribution in [2.24, 2.45) is 5.92 Å². The van der Waals surface area contributed by atoms with E-state index in [1.807, 2.05) is 0 Å². The van der Waals surface area contributed by atoms with E-state index in [2.05, 4.69) is 23.8 Å². The normalized spacial score (nSPS) is 16.2. The zero-order chi connectivity index (χ0) is 18.9. The second-order valence-corrected chi connectivity index (χ2v) is 7.68. The highest BCUT2D eigenvalue weighted by molar-refractivity contribution is 5.78. The quantitative estimate of drug-likeness (QED) is 0.674. The van der Waals surface area contributed by atoms with Crippen molar-refractivity contribution in [2.75, 3.05) is 46.8 Å². The molecule has 1 aliphatic heterocycles. The largest absolute Gasteiger partial charge is 0.340 e. The number of hydrogen-bond acceptors (Lipinski definition) is 3. The van der Waals surface area contributed by atoms with Gasteiger partial charge in [0.25, 0.3) is 0 Å². The molecule has 1 aliphatic rings. The second kappa shape index (κ2) is 10.6. The third-order valence-corrected chi connectivity index (χ3v) is 5.32. The van der Waals surface area contributed by atoms with Gasteiger partial charge in [0.15, 0.2) is 0 Å². The Labute approximate surface area is 158 Å². The first-order valence-corrected chi connectivity index (χ1v) is 9.87. The van der Waals surface area contributed by atoms with Crippen LogP contribution in [-0.2, 0) is 11.3 Å². The maximum absolute atomic E-state index is 13.7. The molecule has 2 rings (SSSR count). The first-order valence-electron chi connectivity index (χ1n) is 9.87. The molecule has 1 aromatic carbocycles. The molecule has 26 heavy (non-hydrogen) atoms. The SMILES string of the molecule is CCCCN(C)CC1CCN(CC(=O)N(C)Cc2ccccc2F)CC1. The smallest absolute Gasteiger partial charge is 0.236 e. The van der Waals surface area contributed by atoms with Crippen LogP contribution < -0.4 is 0 Å². The van der Waals surface area contributed by atoms with Gasteiger partial charge in [-0.2, -0.15) is 0 Å². The van der Waals surface area contributed by atoms with Crippen LogP contribution in [0.4, 0.5) is 4.39 Å². The van der Waals surface area contributed by atoms with Crippen LogP contribution in [0.3, 0.4) is 0 Å². The highest BCUT2D eigenvalue weighted by atomic mass is 19.1. The van der Waals surface area contributed by atoms with Crippen molar-refractivity contribution in [1.82, 2.24) is 14.7 Å². The van der Waals surface area contributed by atoms with Crippen LogP contribution >= 0.6 is 0 Å². The van der Waals surface area contributed by atoms with Crippen LogP contribution in [0.25, 0.3) is 0 Å². The summed E-state index contributed by atoms with van der Waals surface area (Å²) >= 11 is 0. The van der Waals surface area contributed by atoms with E-state index >= 15 is 0 Å². The van der Waals surface area contributed by atoms with Gasteiger partial charge in [-0.1, -0.05) is 31.5 Å². The average molecular weight is 364 g/mol. The minimum atomic E-state index is -0.250. The van der Waals surface area contributed by atoms with Gasteiger partial charge in [0.2, 0.25) is 5.91 Å². The van der Waals surface area contributed by atoms with Crippen molar-refractivity contribution in [3.05, 3.63) is 35.6 Å². The van der Waals surface area contributed by atoms with Gasteiger partial charge in [0.05, 0.1) is 6.54 Å². The van der Waals surface area contributed by atoms with Crippen LogP contribution in [-0.4, -0.2) is 67.4 Å². The number of likely N-dealkylation sites (N-methyl/N-ethyl adjacent to an activating group) is 1. The van der Waals surface area contributed by atoms with Gasteiger partial charge in [-0.25, -0.2) is 4.39 Å². The molecule has 4 nitrogen and oxygen atoms in total. The first-order chi connectivity index (χ1) is 12.5. The molecule has 1 amide bonds. The van der Waals surface area contributed by atoms with Crippen LogP contribution in [0, 0.1) is 11.7 Å². The van der Waals surface area contributed by atoms with E-state index in [9.17, 15) is 9.18 Å². The van der Waals surface area contributed by atoms with E-state index < -0.39 is 0 Å². The molecule has 1 heterocycles. The average Bonchev–Trinajstić information content (AvgIpc) is 2.63. The molecule has 0 aliphatic carbocycles. The number of halogens is 1. The number of benzene rings is 1. The molecule has 5 heteroatoms. The molecule has 0 N–H and O–H groups in total. The molecule has 1 fully saturated rings. The van der Waals surface area contributed by atoms with Gasteiger partial charge in [0.1, 0.15) is 5.82 Å². The summed E-state index contributed by atoms with van der Waals surface area (Å²) in [7, 11) is 3.97. The monoisotopic (exact) mass is 363 g/mol. The van der Waals surface area contributed by atoms with Crippen molar-refractivity contribution in [1.29, 1.82) is 0 Å². The number of hydrogen-bond donors (Lipinski definition) is 0. The highest BCUT2D eigenvalue weighted by Crippen LogP contribution is 2.18. The number of amides is 1. The van der Waals surface area contributed by atoms with E-state index in [1.165, 1.54) is 25.5 Å². The van der Waals surface area contributed by atoms with E-state index in [1.54, 1.807) is 30.1 Å². The van der Waals surface area contributed by atoms with Crippen LogP contribution in [0.5, 0.6) is 0 Å². The lowest BCUT2D eigenvalue weighted by Crippen LogP contribution is -2.43. The van der Waals surface area contributed by atoms with E-state index in [0.29, 0.717) is 18.7 Å². The summed E-state index contributed by atoms with van der Waals surface area (Å²) in [6.07, 6.45) is 4.81. The Morgan fingerprint density at radius 2 is 1.92 bits per heavy atom. The number of rotatable bonds is 9. The molecule has 0 aromatic heterocycles. The molecule has 0 spiro atoms. The molecule has 1 saturated heterocycles. The standard InChI is InChI=1S/C21H34FN3O/c1-4-5-12-23(2)15-18-10-13-25(14-11-18)17-21(26)24(3)16-19-8-6-7-9-20(19)22/h6-9,18H,4-5,10-17H2,1-3H3. The molecule has 0 atom stereocenters. The summed E-state index contributed by atoms with van der Waals surface area (Å²) in [4.78, 5) is 18.8. The van der Waals surface area contributed by atoms with Crippen molar-refractivity contribution >= 4 is 5.91 Å². The van der Waals surface area contributed by atoms with Gasteiger partial charge < -0.3 is 9.80 Å². The zero-order valence-electron chi connectivity index (χ0n) is 16.6. The van der Waals surface area contributed by atoms with Crippen molar-refractivity contribution in [3.8, 4) is 0 Å². The summed E-state index contributed by atoms with van der Waals surface area (Å²) in [6, 6.07) is 6.65. The minimum Gasteiger partial charge on any atom is -0.340 e. The van der Waals surface area contributed by atoms with Gasteiger partial charge in [-0.3, -0.25) is 9.69 Å². The predicted molar refractivity (Wildman–Crippen MR) is 104 cm³/mol. The van der Waals surface area contributed by atoms with Crippen molar-refractivity contribution < 1.29 is 9.18 Å². The Hall–Kier alpha value is -1.46. The summed E-state index contributed by atoms with van der Waals surface area (Å²) in [5.74, 6) is 0.547. The molecule has 1 aromatic rings. The molecule has 146 valence electrons. The van der Waals surface area contributed by atoms with Gasteiger partial charge >= 0.3 is 0 Å². The van der Waals surface area contributed by atoms with Gasteiger partial charge in [0, 0.05) is 25.7 Å². The molecule has 0 unspecified atom stereocenters. The van der Waals surface area contributed by atoms with Crippen LogP contribution in [0.15, 0.2) is 24.3 Å². The first kappa shape index (κ1) is 20.8. The molecule has 0 bridgehead atoms. The summed E-state index contributed by atoms with van der Waals surface area (Å²) in [5.41, 5.74) is 0.567. The lowest BCUT2D eigenvalue weighted by atomic mass is 9.96. The summed E-state index contributed by atoms with van der Waals surface area (Å²) in [6.45, 7) is 7.28. The maximum atomic E-state index is 13.7. The van der Waals surface area contributed by atoms with Gasteiger partial charge in [-0.05, 0) is 57.9 Å². The maximum Gasteiger partial charge on any atom is 0.236 e. The fourth-order valence-corrected chi connectivity index (χ4v) is 3.57. The van der Waals surface area contributed by atoms with Crippen molar-refractivity contribution in [3.63, 3.8) is 0 Å². The minimum absolute atomic E-state index is 0.0618. The number of piperidine rings is 1. The second-order valence-electron chi connectivity index (χ2n) is 7.68. The lowest BCUT2D eigenvalue weighted by molar-refractivity contribution is -0.132. The Kier molecular flexibility index (Phi) is 8.52. The predicted octanol–water partition coefficient (Wildman–Crippen LogP) is 3.23. The number of carbonyl (C=O) groups excluding carboxylic acids is 1. The fourth-order valence-electron chi connectivity index (χ4n) is 3.57. The van der Waals surface area contributed by atoms with Crippen molar-refractivity contribution in [2.45, 2.75) is 39.2 Å². The molecule has 0 saturated carbocycles. The van der Waals surface area contributed by atoms with Crippen LogP contribution in [0.1, 0.15) is 38.2 Å². The number of likely N-dealkylation sites (tertiary alicyclic amines) is 1. The van der Waals surface area contributed by atoms with Crippen LogP contribution in [0.2, 0.25) is 0 Å². The Bertz CT molecular complexity index is 558. The fraction of sp³-hybridized carbons (Fsp3) is 0.667. The molecule has 0 radical (unpaired) electrons. The Morgan fingerprint density at radius 1 is 1.23 bits per heavy atom. The lowest BCUT2D eigenvalue weighted by Gasteiger charge is -2.34. The van der Waals surface area contributed by atoms with Gasteiger partial charge in [-0.15, -0.1) is 0 Å². The third kappa shape index (κ3) is 6.69. The summed E-state index contributed by atoms with van der Waals surface area (Å²) in [5, 5.41) is 0. The van der Waals surface area contributed by atoms with E-state index in [-0.39, 0.29) is 11.7 Å². The third-order valence-electron chi connectivity index (χ3n) is 5.32. The van der Waals surface area contributed by atoms with E-state index in [0.717, 1.165) is 38.4 Å². The topological polar surface area (TPSA) is 26.8 Å². The highest BCUT2D eigenvalue weighted by Gasteiger charge is 2.23. The number of nitrogens with zero attached hydrogens (tertiary/aromatic N) is 3.